The van der Waals surface area contributed by atoms with Gasteiger partial charge in [-0.1, -0.05) is 55.8 Å². The van der Waals surface area contributed by atoms with Gasteiger partial charge in [0.05, 0.1) is 12.3 Å². The maximum absolute atomic E-state index is 11.3. The monoisotopic (exact) mass is 676 g/mol. The summed E-state index contributed by atoms with van der Waals surface area (Å²) in [5.41, 5.74) is 3.96. The second-order valence-electron chi connectivity index (χ2n) is 12.8. The van der Waals surface area contributed by atoms with Crippen molar-refractivity contribution >= 4 is 30.9 Å². The van der Waals surface area contributed by atoms with Gasteiger partial charge in [-0.2, -0.15) is 5.10 Å². The minimum Gasteiger partial charge on any atom is -0.489 e. The molecule has 5 rings (SSSR count). The summed E-state index contributed by atoms with van der Waals surface area (Å²) in [7, 11) is 2.13. The van der Waals surface area contributed by atoms with Crippen LogP contribution in [0.5, 0.6) is 11.6 Å². The van der Waals surface area contributed by atoms with Crippen molar-refractivity contribution in [3.8, 4) is 22.8 Å². The van der Waals surface area contributed by atoms with Gasteiger partial charge in [-0.25, -0.2) is 4.79 Å². The van der Waals surface area contributed by atoms with Gasteiger partial charge in [0.2, 0.25) is 5.88 Å². The number of aromatic nitrogens is 2. The highest BCUT2D eigenvalue weighted by Crippen LogP contribution is 2.29. The normalized spacial score (nSPS) is 14.8. The highest BCUT2D eigenvalue weighted by molar-refractivity contribution is 5.85. The van der Waals surface area contributed by atoms with Gasteiger partial charge >= 0.3 is 6.09 Å². The van der Waals surface area contributed by atoms with E-state index in [0.717, 1.165) is 60.5 Å². The van der Waals surface area contributed by atoms with Crippen LogP contribution in [0.15, 0.2) is 60.7 Å². The lowest BCUT2D eigenvalue weighted by Crippen LogP contribution is -2.52. The Labute approximate surface area is 286 Å². The van der Waals surface area contributed by atoms with E-state index in [1.54, 1.807) is 4.90 Å². The first-order valence-corrected chi connectivity index (χ1v) is 15.7. The van der Waals surface area contributed by atoms with Crippen LogP contribution >= 0.6 is 24.8 Å². The minimum atomic E-state index is -0.429. The van der Waals surface area contributed by atoms with Gasteiger partial charge in [0.1, 0.15) is 18.0 Å². The number of benzene rings is 2. The van der Waals surface area contributed by atoms with E-state index in [1.165, 1.54) is 0 Å². The Morgan fingerprint density at radius 3 is 2.20 bits per heavy atom. The van der Waals surface area contributed by atoms with Gasteiger partial charge < -0.3 is 29.1 Å². The summed E-state index contributed by atoms with van der Waals surface area (Å²) >= 11 is 0. The lowest BCUT2D eigenvalue weighted by Gasteiger charge is -2.38. The van der Waals surface area contributed by atoms with Crippen molar-refractivity contribution in [1.82, 2.24) is 20.0 Å². The standard InChI is InChI=1S/C26H31N3O2.C9H17NO3.2ClH/c1-3-4-10-25-24(15-26(28-27-25)31-19-21-16-29(2)17-21)22-11-13-23(14-12-22)30-18-20-8-6-5-7-9-20;1-9(2,3)13-8(12)10-4-7(5-10)6-11;;/h5-9,11-15,21H,3-4,10,16-19H2,1-2H3;7,11H,4-6H2,1-3H3;2*1H. The zero-order valence-corrected chi connectivity index (χ0v) is 29.3. The van der Waals surface area contributed by atoms with E-state index in [0.29, 0.717) is 38.1 Å². The molecule has 0 atom stereocenters. The number of hydrogen-bond donors (Lipinski definition) is 1. The molecule has 2 aliphatic heterocycles. The van der Waals surface area contributed by atoms with Crippen LogP contribution in [0.1, 0.15) is 51.8 Å². The van der Waals surface area contributed by atoms with Crippen LogP contribution in [0.2, 0.25) is 0 Å². The zero-order valence-electron chi connectivity index (χ0n) is 27.7. The highest BCUT2D eigenvalue weighted by Gasteiger charge is 2.33. The summed E-state index contributed by atoms with van der Waals surface area (Å²) in [6.07, 6.45) is 2.85. The van der Waals surface area contributed by atoms with Crippen LogP contribution in [0.25, 0.3) is 11.1 Å². The summed E-state index contributed by atoms with van der Waals surface area (Å²) in [5, 5.41) is 17.6. The number of amides is 1. The number of nitrogens with zero attached hydrogens (tertiary/aromatic N) is 4. The van der Waals surface area contributed by atoms with E-state index in [1.807, 2.05) is 57.2 Å². The number of unbranched alkanes of at least 4 members (excludes halogenated alkanes) is 1. The number of aryl methyl sites for hydroxylation is 1. The van der Waals surface area contributed by atoms with Gasteiger partial charge in [-0.3, -0.25) is 0 Å². The van der Waals surface area contributed by atoms with E-state index >= 15 is 0 Å². The zero-order chi connectivity index (χ0) is 31.5. The Hall–Kier alpha value is -3.11. The first-order chi connectivity index (χ1) is 21.1. The molecule has 1 amide bonds. The Morgan fingerprint density at radius 2 is 1.61 bits per heavy atom. The third kappa shape index (κ3) is 12.2. The molecule has 0 saturated carbocycles. The fourth-order valence-electron chi connectivity index (χ4n) is 5.02. The number of rotatable bonds is 11. The number of aliphatic hydroxyl groups is 1. The van der Waals surface area contributed by atoms with Crippen molar-refractivity contribution < 1.29 is 24.1 Å². The summed E-state index contributed by atoms with van der Waals surface area (Å²) in [5.74, 6) is 2.29. The molecule has 0 radical (unpaired) electrons. The molecule has 2 fully saturated rings. The molecule has 0 aliphatic carbocycles. The number of halogens is 2. The molecule has 0 spiro atoms. The van der Waals surface area contributed by atoms with Gasteiger partial charge in [-0.15, -0.1) is 29.9 Å². The van der Waals surface area contributed by atoms with Crippen molar-refractivity contribution in [3.05, 3.63) is 71.9 Å². The fourth-order valence-corrected chi connectivity index (χ4v) is 5.02. The molecule has 11 heteroatoms. The van der Waals surface area contributed by atoms with Crippen molar-refractivity contribution in [2.45, 2.75) is 59.2 Å². The molecule has 2 aliphatic rings. The van der Waals surface area contributed by atoms with Crippen LogP contribution in [0, 0.1) is 11.8 Å². The number of carbonyl (C=O) groups excluding carboxylic acids is 1. The molecule has 3 aromatic rings. The number of ether oxygens (including phenoxy) is 3. The second kappa shape index (κ2) is 18.9. The molecule has 254 valence electrons. The SMILES string of the molecule is CC(C)(C)OC(=O)N1CC(CO)C1.CCCCc1nnc(OCC2CN(C)C2)cc1-c1ccc(OCc2ccccc2)cc1.Cl.Cl. The van der Waals surface area contributed by atoms with Crippen LogP contribution in [-0.2, 0) is 17.8 Å². The predicted octanol–water partition coefficient (Wildman–Crippen LogP) is 6.69. The van der Waals surface area contributed by atoms with E-state index in [9.17, 15) is 4.79 Å². The molecular formula is C35H50Cl2N4O5. The molecular weight excluding hydrogens is 627 g/mol. The molecule has 3 heterocycles. The van der Waals surface area contributed by atoms with Gasteiger partial charge in [0.25, 0.3) is 0 Å². The highest BCUT2D eigenvalue weighted by atomic mass is 35.5. The van der Waals surface area contributed by atoms with E-state index < -0.39 is 5.60 Å². The number of aliphatic hydroxyl groups excluding tert-OH is 1. The third-order valence-electron chi connectivity index (χ3n) is 7.50. The predicted molar refractivity (Wildman–Crippen MR) is 186 cm³/mol. The molecule has 1 aromatic heterocycles. The molecule has 46 heavy (non-hydrogen) atoms. The number of likely N-dealkylation sites (tertiary alicyclic amines) is 2. The average Bonchev–Trinajstić information content (AvgIpc) is 2.96. The van der Waals surface area contributed by atoms with Crippen molar-refractivity contribution in [3.63, 3.8) is 0 Å². The van der Waals surface area contributed by atoms with Crippen LogP contribution in [-0.4, -0.2) is 83.2 Å². The molecule has 0 unspecified atom stereocenters. The van der Waals surface area contributed by atoms with Gasteiger partial charge in [-0.05, 0) is 63.9 Å². The second-order valence-corrected chi connectivity index (χ2v) is 12.8. The largest absolute Gasteiger partial charge is 0.489 e. The van der Waals surface area contributed by atoms with Gasteiger partial charge in [0, 0.05) is 56.3 Å². The third-order valence-corrected chi connectivity index (χ3v) is 7.50. The number of hydrogen-bond acceptors (Lipinski definition) is 8. The maximum atomic E-state index is 11.3. The Kier molecular flexibility index (Phi) is 16.0. The van der Waals surface area contributed by atoms with Crippen molar-refractivity contribution in [2.75, 3.05) is 46.4 Å². The summed E-state index contributed by atoms with van der Waals surface area (Å²) < 4.78 is 17.0. The lowest BCUT2D eigenvalue weighted by molar-refractivity contribution is -0.00972. The smallest absolute Gasteiger partial charge is 0.410 e. The molecule has 2 aromatic carbocycles. The Morgan fingerprint density at radius 1 is 0.935 bits per heavy atom. The molecule has 2 saturated heterocycles. The maximum Gasteiger partial charge on any atom is 0.410 e. The Bertz CT molecular complexity index is 1310. The van der Waals surface area contributed by atoms with Gasteiger partial charge in [0.15, 0.2) is 0 Å². The average molecular weight is 678 g/mol. The van der Waals surface area contributed by atoms with E-state index in [2.05, 4.69) is 53.3 Å². The van der Waals surface area contributed by atoms with Crippen LogP contribution in [0.4, 0.5) is 4.79 Å². The summed E-state index contributed by atoms with van der Waals surface area (Å²) in [4.78, 5) is 15.2. The fraction of sp³-hybridized carbons (Fsp3) is 0.514. The van der Waals surface area contributed by atoms with E-state index in [4.69, 9.17) is 19.3 Å². The first kappa shape index (κ1) is 39.1. The summed E-state index contributed by atoms with van der Waals surface area (Å²) in [6, 6.07) is 20.5. The van der Waals surface area contributed by atoms with Crippen LogP contribution in [0.3, 0.4) is 0 Å². The Balaban J connectivity index is 0.000000417. The summed E-state index contributed by atoms with van der Waals surface area (Å²) in [6.45, 7) is 12.5. The quantitative estimate of drug-likeness (QED) is 0.240. The minimum absolute atomic E-state index is 0. The number of carbonyl (C=O) groups is 1. The first-order valence-electron chi connectivity index (χ1n) is 15.7. The molecule has 1 N–H and O–H groups in total. The van der Waals surface area contributed by atoms with Crippen LogP contribution < -0.4 is 9.47 Å². The topological polar surface area (TPSA) is 97.2 Å². The van der Waals surface area contributed by atoms with Crippen molar-refractivity contribution in [2.24, 2.45) is 11.8 Å². The van der Waals surface area contributed by atoms with E-state index in [-0.39, 0.29) is 43.4 Å². The lowest BCUT2D eigenvalue weighted by atomic mass is 10.0. The molecule has 9 nitrogen and oxygen atoms in total. The molecule has 0 bridgehead atoms. The van der Waals surface area contributed by atoms with Crippen molar-refractivity contribution in [1.29, 1.82) is 0 Å².